The van der Waals surface area contributed by atoms with Gasteiger partial charge in [-0.2, -0.15) is 5.26 Å². The highest BCUT2D eigenvalue weighted by molar-refractivity contribution is 6.32. The van der Waals surface area contributed by atoms with E-state index >= 15 is 0 Å². The van der Waals surface area contributed by atoms with E-state index in [2.05, 4.69) is 6.07 Å². The maximum Gasteiger partial charge on any atom is 0.242 e. The summed E-state index contributed by atoms with van der Waals surface area (Å²) in [6, 6.07) is 7.41. The van der Waals surface area contributed by atoms with Crippen molar-refractivity contribution in [3.63, 3.8) is 0 Å². The minimum atomic E-state index is 0.193. The molecule has 1 heterocycles. The van der Waals surface area contributed by atoms with Gasteiger partial charge in [0, 0.05) is 25.3 Å². The Hall–Kier alpha value is -1.73. The molecule has 3 rings (SSSR count). The molecule has 0 radical (unpaired) electrons. The molecule has 2 fully saturated rings. The number of anilines is 1. The van der Waals surface area contributed by atoms with Gasteiger partial charge in [-0.3, -0.25) is 4.79 Å². The van der Waals surface area contributed by atoms with E-state index in [1.807, 2.05) is 15.9 Å². The van der Waals surface area contributed by atoms with Gasteiger partial charge in [-0.15, -0.1) is 0 Å². The van der Waals surface area contributed by atoms with E-state index in [1.54, 1.807) is 12.1 Å². The number of piperazine rings is 1. The highest BCUT2D eigenvalue weighted by Crippen LogP contribution is 2.27. The van der Waals surface area contributed by atoms with Gasteiger partial charge in [0.25, 0.3) is 0 Å². The molecular weight excluding hydrogens is 298 g/mol. The van der Waals surface area contributed by atoms with Crippen LogP contribution in [0.5, 0.6) is 0 Å². The number of nitriles is 1. The Morgan fingerprint density at radius 3 is 2.68 bits per heavy atom. The van der Waals surface area contributed by atoms with E-state index in [0.717, 1.165) is 25.3 Å². The van der Waals surface area contributed by atoms with Crippen molar-refractivity contribution >= 4 is 23.2 Å². The molecule has 4 nitrogen and oxygen atoms in total. The first-order valence-electron chi connectivity index (χ1n) is 7.90. The molecule has 1 saturated carbocycles. The molecule has 1 amide bonds. The lowest BCUT2D eigenvalue weighted by Gasteiger charge is -2.36. The summed E-state index contributed by atoms with van der Waals surface area (Å²) in [5.41, 5.74) is 1.38. The van der Waals surface area contributed by atoms with Crippen LogP contribution in [0.1, 0.15) is 31.2 Å². The third-order valence-electron chi connectivity index (χ3n) is 4.71. The van der Waals surface area contributed by atoms with E-state index in [9.17, 15) is 4.79 Å². The van der Waals surface area contributed by atoms with Gasteiger partial charge >= 0.3 is 0 Å². The Kier molecular flexibility index (Phi) is 4.54. The van der Waals surface area contributed by atoms with Gasteiger partial charge in [-0.1, -0.05) is 24.4 Å². The summed E-state index contributed by atoms with van der Waals surface area (Å²) in [4.78, 5) is 16.4. The summed E-state index contributed by atoms with van der Waals surface area (Å²) in [6.45, 7) is 2.91. The molecule has 0 aromatic heterocycles. The van der Waals surface area contributed by atoms with E-state index in [1.165, 1.54) is 25.7 Å². The number of benzene rings is 1. The van der Waals surface area contributed by atoms with E-state index < -0.39 is 0 Å². The highest BCUT2D eigenvalue weighted by Gasteiger charge is 2.27. The predicted octanol–water partition coefficient (Wildman–Crippen LogP) is 3.05. The molecule has 1 aliphatic heterocycles. The molecule has 1 aliphatic carbocycles. The predicted molar refractivity (Wildman–Crippen MR) is 86.9 cm³/mol. The molecule has 116 valence electrons. The Labute approximate surface area is 136 Å². The van der Waals surface area contributed by atoms with Gasteiger partial charge in [0.15, 0.2) is 0 Å². The lowest BCUT2D eigenvalue weighted by Crippen LogP contribution is -2.51. The zero-order chi connectivity index (χ0) is 15.5. The Balaban J connectivity index is 1.63. The van der Waals surface area contributed by atoms with Crippen LogP contribution in [0.3, 0.4) is 0 Å². The Bertz CT molecular complexity index is 604. The molecule has 22 heavy (non-hydrogen) atoms. The molecular formula is C17H20ClN3O. The number of carbonyl (C=O) groups is 1. The van der Waals surface area contributed by atoms with Crippen LogP contribution in [-0.4, -0.2) is 37.0 Å². The topological polar surface area (TPSA) is 47.3 Å². The summed E-state index contributed by atoms with van der Waals surface area (Å²) in [7, 11) is 0. The maximum atomic E-state index is 12.4. The van der Waals surface area contributed by atoms with Crippen molar-refractivity contribution in [1.82, 2.24) is 4.90 Å². The van der Waals surface area contributed by atoms with Crippen LogP contribution in [0.4, 0.5) is 5.69 Å². The number of halogens is 1. The molecule has 0 bridgehead atoms. The van der Waals surface area contributed by atoms with Crippen molar-refractivity contribution < 1.29 is 4.79 Å². The smallest absolute Gasteiger partial charge is 0.242 e. The van der Waals surface area contributed by atoms with Crippen LogP contribution in [0.2, 0.25) is 5.02 Å². The van der Waals surface area contributed by atoms with Crippen molar-refractivity contribution in [3.8, 4) is 6.07 Å². The van der Waals surface area contributed by atoms with Crippen LogP contribution in [0.15, 0.2) is 18.2 Å². The standard InChI is InChI=1S/C17H20ClN3O/c18-16-9-15(6-5-14(16)10-19)20-7-8-21(17(22)12-20)11-13-3-1-2-4-13/h5-6,9,13H,1-4,7-8,11-12H2. The van der Waals surface area contributed by atoms with Crippen molar-refractivity contribution in [2.45, 2.75) is 25.7 Å². The normalized spacial score (nSPS) is 19.5. The van der Waals surface area contributed by atoms with Gasteiger partial charge in [-0.05, 0) is 37.0 Å². The van der Waals surface area contributed by atoms with Crippen LogP contribution in [-0.2, 0) is 4.79 Å². The summed E-state index contributed by atoms with van der Waals surface area (Å²) >= 11 is 6.08. The lowest BCUT2D eigenvalue weighted by molar-refractivity contribution is -0.131. The number of hydrogen-bond donors (Lipinski definition) is 0. The van der Waals surface area contributed by atoms with E-state index in [-0.39, 0.29) is 5.91 Å². The van der Waals surface area contributed by atoms with Crippen molar-refractivity contribution in [2.75, 3.05) is 31.1 Å². The third-order valence-corrected chi connectivity index (χ3v) is 5.02. The van der Waals surface area contributed by atoms with E-state index in [4.69, 9.17) is 16.9 Å². The SMILES string of the molecule is N#Cc1ccc(N2CCN(CC3CCCC3)C(=O)C2)cc1Cl. The fraction of sp³-hybridized carbons (Fsp3) is 0.529. The number of carbonyl (C=O) groups excluding carboxylic acids is 1. The second-order valence-corrected chi connectivity index (χ2v) is 6.59. The molecule has 5 heteroatoms. The fourth-order valence-electron chi connectivity index (χ4n) is 3.42. The Morgan fingerprint density at radius 2 is 2.05 bits per heavy atom. The van der Waals surface area contributed by atoms with Crippen molar-refractivity contribution in [1.29, 1.82) is 5.26 Å². The van der Waals surface area contributed by atoms with Gasteiger partial charge in [0.05, 0.1) is 17.1 Å². The Morgan fingerprint density at radius 1 is 1.27 bits per heavy atom. The monoisotopic (exact) mass is 317 g/mol. The van der Waals surface area contributed by atoms with Crippen LogP contribution < -0.4 is 4.90 Å². The molecule has 0 atom stereocenters. The first-order valence-corrected chi connectivity index (χ1v) is 8.27. The van der Waals surface area contributed by atoms with Gasteiger partial charge in [-0.25, -0.2) is 0 Å². The number of nitrogens with zero attached hydrogens (tertiary/aromatic N) is 3. The van der Waals surface area contributed by atoms with Crippen LogP contribution in [0, 0.1) is 17.2 Å². The zero-order valence-corrected chi connectivity index (χ0v) is 13.4. The van der Waals surface area contributed by atoms with Crippen LogP contribution >= 0.6 is 11.6 Å². The quantitative estimate of drug-likeness (QED) is 0.861. The maximum absolute atomic E-state index is 12.4. The van der Waals surface area contributed by atoms with Gasteiger partial charge < -0.3 is 9.80 Å². The first kappa shape index (κ1) is 15.2. The minimum Gasteiger partial charge on any atom is -0.360 e. The first-order chi connectivity index (χ1) is 10.7. The van der Waals surface area contributed by atoms with Crippen LogP contribution in [0.25, 0.3) is 0 Å². The summed E-state index contributed by atoms with van der Waals surface area (Å²) < 4.78 is 0. The molecule has 0 unspecified atom stereocenters. The molecule has 0 spiro atoms. The summed E-state index contributed by atoms with van der Waals surface area (Å²) in [5.74, 6) is 0.887. The minimum absolute atomic E-state index is 0.193. The number of rotatable bonds is 3. The van der Waals surface area contributed by atoms with E-state index in [0.29, 0.717) is 23.0 Å². The summed E-state index contributed by atoms with van der Waals surface area (Å²) in [6.07, 6.45) is 5.14. The largest absolute Gasteiger partial charge is 0.360 e. The highest BCUT2D eigenvalue weighted by atomic mass is 35.5. The summed E-state index contributed by atoms with van der Waals surface area (Å²) in [5, 5.41) is 9.37. The number of hydrogen-bond acceptors (Lipinski definition) is 3. The number of amides is 1. The van der Waals surface area contributed by atoms with Crippen molar-refractivity contribution in [2.24, 2.45) is 5.92 Å². The van der Waals surface area contributed by atoms with Crippen molar-refractivity contribution in [3.05, 3.63) is 28.8 Å². The molecule has 2 aliphatic rings. The zero-order valence-electron chi connectivity index (χ0n) is 12.6. The lowest BCUT2D eigenvalue weighted by atomic mass is 10.1. The fourth-order valence-corrected chi connectivity index (χ4v) is 3.63. The second kappa shape index (κ2) is 6.58. The van der Waals surface area contributed by atoms with Gasteiger partial charge in [0.2, 0.25) is 5.91 Å². The average molecular weight is 318 g/mol. The molecule has 1 aromatic rings. The molecule has 1 saturated heterocycles. The molecule has 1 aromatic carbocycles. The third kappa shape index (κ3) is 3.20. The second-order valence-electron chi connectivity index (χ2n) is 6.19. The average Bonchev–Trinajstić information content (AvgIpc) is 3.02. The molecule has 0 N–H and O–H groups in total. The van der Waals surface area contributed by atoms with Gasteiger partial charge in [0.1, 0.15) is 6.07 Å².